The summed E-state index contributed by atoms with van der Waals surface area (Å²) in [6, 6.07) is 0. The van der Waals surface area contributed by atoms with Gasteiger partial charge in [-0.15, -0.1) is 6.89 Å². The van der Waals surface area contributed by atoms with E-state index in [0.717, 1.165) is 5.92 Å². The van der Waals surface area contributed by atoms with Gasteiger partial charge in [0, 0.05) is 0 Å². The molecule has 0 nitrogen and oxygen atoms in total. The Balaban J connectivity index is 2.27. The Hall–Kier alpha value is 0.300. The van der Waals surface area contributed by atoms with Crippen LogP contribution in [0.3, 0.4) is 0 Å². The zero-order valence-electron chi connectivity index (χ0n) is 11.0. The zero-order valence-corrected chi connectivity index (χ0v) is 11.9. The fourth-order valence-electron chi connectivity index (χ4n) is 2.54. The third kappa shape index (κ3) is 5.81. The minimum atomic E-state index is -0.650. The summed E-state index contributed by atoms with van der Waals surface area (Å²) in [5.41, 5.74) is 0. The highest BCUT2D eigenvalue weighted by atomic mass is 31.2. The fourth-order valence-corrected chi connectivity index (χ4v) is 4.63. The maximum Gasteiger partial charge on any atom is -0.0318 e. The molecule has 0 amide bonds. The Kier molecular flexibility index (Phi) is 6.05. The smallest absolute Gasteiger partial charge is 0.0318 e. The maximum absolute atomic E-state index is 2.72. The summed E-state index contributed by atoms with van der Waals surface area (Å²) in [4.78, 5) is 0. The van der Waals surface area contributed by atoms with Gasteiger partial charge in [0.2, 0.25) is 0 Å². The summed E-state index contributed by atoms with van der Waals surface area (Å²) >= 11 is 0. The Morgan fingerprint density at radius 3 is 2.40 bits per heavy atom. The standard InChI is InChI=1S/C14H29P/c1-4-5-8-12-15(2,3)13-11-14-9-6-7-10-14/h13-14H,4-12H2,1-3H3. The van der Waals surface area contributed by atoms with Crippen molar-refractivity contribution < 1.29 is 0 Å². The molecule has 0 saturated heterocycles. The average molecular weight is 228 g/mol. The van der Waals surface area contributed by atoms with Crippen LogP contribution in [0.5, 0.6) is 0 Å². The average Bonchev–Trinajstić information content (AvgIpc) is 2.68. The van der Waals surface area contributed by atoms with E-state index in [2.05, 4.69) is 26.0 Å². The zero-order chi connectivity index (χ0) is 11.1. The fraction of sp³-hybridized carbons (Fsp3) is 0.929. The topological polar surface area (TPSA) is 0 Å². The lowest BCUT2D eigenvalue weighted by atomic mass is 10.1. The predicted molar refractivity (Wildman–Crippen MR) is 75.8 cm³/mol. The highest BCUT2D eigenvalue weighted by Gasteiger charge is 2.14. The molecule has 1 aliphatic rings. The summed E-state index contributed by atoms with van der Waals surface area (Å²) in [7, 11) is 0. The number of hydrogen-bond acceptors (Lipinski definition) is 0. The van der Waals surface area contributed by atoms with E-state index in [1.165, 1.54) is 57.5 Å². The second-order valence-corrected chi connectivity index (χ2v) is 10.1. The maximum atomic E-state index is 2.72. The van der Waals surface area contributed by atoms with E-state index < -0.39 is 6.89 Å². The van der Waals surface area contributed by atoms with Gasteiger partial charge in [0.15, 0.2) is 0 Å². The molecular formula is C14H29P. The molecule has 1 fully saturated rings. The van der Waals surface area contributed by atoms with Crippen LogP contribution in [0, 0.1) is 5.92 Å². The van der Waals surface area contributed by atoms with Gasteiger partial charge in [0.1, 0.15) is 0 Å². The van der Waals surface area contributed by atoms with Crippen LogP contribution in [0.15, 0.2) is 0 Å². The quantitative estimate of drug-likeness (QED) is 0.451. The first-order valence-corrected chi connectivity index (χ1v) is 9.75. The molecule has 1 heteroatoms. The lowest BCUT2D eigenvalue weighted by Crippen LogP contribution is -1.97. The van der Waals surface area contributed by atoms with E-state index in [1.54, 1.807) is 0 Å². The van der Waals surface area contributed by atoms with Crippen molar-refractivity contribution in [1.29, 1.82) is 0 Å². The molecule has 0 N–H and O–H groups in total. The molecule has 0 aromatic carbocycles. The molecule has 1 aliphatic carbocycles. The molecule has 0 heterocycles. The van der Waals surface area contributed by atoms with Crippen LogP contribution in [0.4, 0.5) is 0 Å². The minimum absolute atomic E-state index is 0.650. The van der Waals surface area contributed by atoms with Crippen molar-refractivity contribution in [3.8, 4) is 0 Å². The van der Waals surface area contributed by atoms with Gasteiger partial charge in [-0.05, 0) is 38.3 Å². The van der Waals surface area contributed by atoms with E-state index in [4.69, 9.17) is 0 Å². The van der Waals surface area contributed by atoms with Crippen molar-refractivity contribution in [2.45, 2.75) is 58.3 Å². The second kappa shape index (κ2) is 6.79. The molecule has 90 valence electrons. The first-order chi connectivity index (χ1) is 7.14. The van der Waals surface area contributed by atoms with Gasteiger partial charge in [-0.2, -0.15) is 0 Å². The summed E-state index contributed by atoms with van der Waals surface area (Å²) in [5, 5.41) is 0. The van der Waals surface area contributed by atoms with Crippen LogP contribution >= 0.6 is 6.89 Å². The van der Waals surface area contributed by atoms with Crippen LogP contribution < -0.4 is 0 Å². The third-order valence-electron chi connectivity index (χ3n) is 3.75. The van der Waals surface area contributed by atoms with Crippen molar-refractivity contribution in [1.82, 2.24) is 0 Å². The Bertz CT molecular complexity index is 205. The normalized spacial score (nSPS) is 18.3. The van der Waals surface area contributed by atoms with Crippen molar-refractivity contribution in [2.75, 3.05) is 19.5 Å². The second-order valence-electron chi connectivity index (χ2n) is 5.78. The molecule has 0 atom stereocenters. The van der Waals surface area contributed by atoms with E-state index in [9.17, 15) is 0 Å². The summed E-state index contributed by atoms with van der Waals surface area (Å²) in [6.45, 7) is 6.70. The molecule has 1 rings (SSSR count). The lowest BCUT2D eigenvalue weighted by Gasteiger charge is -2.16. The van der Waals surface area contributed by atoms with Gasteiger partial charge in [0.25, 0.3) is 0 Å². The summed E-state index contributed by atoms with van der Waals surface area (Å²) < 4.78 is 0. The molecule has 1 saturated carbocycles. The van der Waals surface area contributed by atoms with Crippen molar-refractivity contribution in [3.63, 3.8) is 0 Å². The van der Waals surface area contributed by atoms with Crippen LogP contribution in [0.2, 0.25) is 0 Å². The third-order valence-corrected chi connectivity index (χ3v) is 6.41. The molecular weight excluding hydrogens is 199 g/mol. The summed E-state index contributed by atoms with van der Waals surface area (Å²) in [6.07, 6.45) is 13.2. The van der Waals surface area contributed by atoms with Crippen molar-refractivity contribution >= 4 is 12.7 Å². The van der Waals surface area contributed by atoms with Gasteiger partial charge in [-0.3, -0.25) is 0 Å². The van der Waals surface area contributed by atoms with Crippen molar-refractivity contribution in [2.24, 2.45) is 5.92 Å². The Morgan fingerprint density at radius 2 is 1.80 bits per heavy atom. The first kappa shape index (κ1) is 13.4. The summed E-state index contributed by atoms with van der Waals surface area (Å²) in [5.74, 6) is 3.77. The van der Waals surface area contributed by atoms with Gasteiger partial charge >= 0.3 is 0 Å². The molecule has 0 aromatic heterocycles. The molecule has 0 aliphatic heterocycles. The number of rotatable bonds is 6. The lowest BCUT2D eigenvalue weighted by molar-refractivity contribution is 0.579. The molecule has 0 radical (unpaired) electrons. The van der Waals surface area contributed by atoms with Crippen LogP contribution in [-0.2, 0) is 0 Å². The number of hydrogen-bond donors (Lipinski definition) is 0. The largest absolute Gasteiger partial charge is 0.115 e. The highest BCUT2D eigenvalue weighted by Crippen LogP contribution is 2.40. The molecule has 0 aromatic rings. The monoisotopic (exact) mass is 228 g/mol. The van der Waals surface area contributed by atoms with Gasteiger partial charge in [0.05, 0.1) is 0 Å². The molecule has 0 bridgehead atoms. The van der Waals surface area contributed by atoms with Crippen LogP contribution in [0.1, 0.15) is 58.3 Å². The van der Waals surface area contributed by atoms with Crippen LogP contribution in [-0.4, -0.2) is 25.3 Å². The Labute approximate surface area is 96.8 Å². The minimum Gasteiger partial charge on any atom is -0.115 e. The SMILES string of the molecule is CCCCCP(C)(C)=CCC1CCCC1. The number of unbranched alkanes of at least 4 members (excludes halogenated alkanes) is 2. The van der Waals surface area contributed by atoms with Crippen molar-refractivity contribution in [3.05, 3.63) is 0 Å². The highest BCUT2D eigenvalue weighted by molar-refractivity contribution is 7.73. The van der Waals surface area contributed by atoms with E-state index in [1.807, 2.05) is 0 Å². The van der Waals surface area contributed by atoms with Gasteiger partial charge in [-0.1, -0.05) is 51.2 Å². The van der Waals surface area contributed by atoms with E-state index >= 15 is 0 Å². The van der Waals surface area contributed by atoms with Crippen LogP contribution in [0.25, 0.3) is 0 Å². The van der Waals surface area contributed by atoms with Gasteiger partial charge < -0.3 is 0 Å². The van der Waals surface area contributed by atoms with E-state index in [-0.39, 0.29) is 0 Å². The molecule has 0 spiro atoms. The first-order valence-electron chi connectivity index (χ1n) is 6.81. The molecule has 15 heavy (non-hydrogen) atoms. The van der Waals surface area contributed by atoms with Gasteiger partial charge in [-0.25, -0.2) is 0 Å². The Morgan fingerprint density at radius 1 is 1.13 bits per heavy atom. The predicted octanol–water partition coefficient (Wildman–Crippen LogP) is 4.84. The van der Waals surface area contributed by atoms with E-state index in [0.29, 0.717) is 0 Å². The molecule has 0 unspecified atom stereocenters.